The van der Waals surface area contributed by atoms with E-state index in [0.717, 1.165) is 19.6 Å². The summed E-state index contributed by atoms with van der Waals surface area (Å²) in [5.74, 6) is 0.470. The van der Waals surface area contributed by atoms with E-state index in [0.29, 0.717) is 53.4 Å². The summed E-state index contributed by atoms with van der Waals surface area (Å²) in [6.45, 7) is 6.25. The van der Waals surface area contributed by atoms with Crippen molar-refractivity contribution in [1.82, 2.24) is 25.1 Å². The van der Waals surface area contributed by atoms with Gasteiger partial charge in [-0.1, -0.05) is 23.2 Å². The second-order valence-electron chi connectivity index (χ2n) is 10.3. The summed E-state index contributed by atoms with van der Waals surface area (Å²) in [5, 5.41) is 7.17. The van der Waals surface area contributed by atoms with E-state index in [9.17, 15) is 14.4 Å². The Morgan fingerprint density at radius 3 is 2.28 bits per heavy atom. The van der Waals surface area contributed by atoms with E-state index in [1.54, 1.807) is 71.4 Å². The lowest BCUT2D eigenvalue weighted by molar-refractivity contribution is -0.142. The lowest BCUT2D eigenvalue weighted by Crippen LogP contribution is -2.50. The minimum absolute atomic E-state index is 0.0907. The first-order chi connectivity index (χ1) is 20.6. The lowest BCUT2D eigenvalue weighted by atomic mass is 10.2. The maximum atomic E-state index is 13.5. The summed E-state index contributed by atoms with van der Waals surface area (Å²) >= 11 is 12.4. The molecule has 0 radical (unpaired) electrons. The Hall–Kier alpha value is -3.25. The van der Waals surface area contributed by atoms with Crippen LogP contribution in [0.3, 0.4) is 0 Å². The normalized spacial score (nSPS) is 13.1. The smallest absolute Gasteiger partial charge is 0.409 e. The maximum Gasteiger partial charge on any atom is 0.409 e. The number of amides is 3. The number of likely N-dealkylation sites (N-methyl/N-ethyl adjacent to an activating group) is 3. The summed E-state index contributed by atoms with van der Waals surface area (Å²) in [5.41, 5.74) is 0.490. The highest BCUT2D eigenvalue weighted by Gasteiger charge is 2.24. The molecule has 0 unspecified atom stereocenters. The van der Waals surface area contributed by atoms with Crippen LogP contribution in [-0.2, 0) is 14.3 Å². The molecular formula is C30H42Cl2N6O5. The number of hydrazine groups is 1. The Labute approximate surface area is 264 Å². The first-order valence-corrected chi connectivity index (χ1v) is 15.1. The Morgan fingerprint density at radius 1 is 0.953 bits per heavy atom. The molecule has 0 aromatic heterocycles. The van der Waals surface area contributed by atoms with Crippen molar-refractivity contribution < 1.29 is 23.9 Å². The average Bonchev–Trinajstić information content (AvgIpc) is 3.52. The molecule has 43 heavy (non-hydrogen) atoms. The van der Waals surface area contributed by atoms with Crippen LogP contribution in [0.25, 0.3) is 0 Å². The molecule has 3 amide bonds. The standard InChI is InChI=1S/C30H42Cl2N6O5/c1-5-37(30(41)42-4)19-18-34(2)35(3)29(40)22-38(21-28(39)33-14-17-36-15-6-7-16-36)26-20-24(32)10-13-27(26)43-25-11-8-23(31)9-12-25/h8-13,20H,5-7,14-19,21-22H2,1-4H3,(H,33,39). The molecule has 2 aromatic carbocycles. The predicted octanol–water partition coefficient (Wildman–Crippen LogP) is 4.20. The highest BCUT2D eigenvalue weighted by atomic mass is 35.5. The van der Waals surface area contributed by atoms with Crippen LogP contribution in [0.1, 0.15) is 19.8 Å². The zero-order valence-corrected chi connectivity index (χ0v) is 26.9. The fourth-order valence-corrected chi connectivity index (χ4v) is 4.94. The molecule has 0 aliphatic carbocycles. The second-order valence-corrected chi connectivity index (χ2v) is 11.1. The van der Waals surface area contributed by atoms with Crippen LogP contribution in [0.4, 0.5) is 10.5 Å². The van der Waals surface area contributed by atoms with Crippen molar-refractivity contribution in [3.05, 3.63) is 52.5 Å². The zero-order chi connectivity index (χ0) is 31.4. The molecule has 1 aliphatic heterocycles. The highest BCUT2D eigenvalue weighted by molar-refractivity contribution is 6.31. The number of methoxy groups -OCH3 is 1. The summed E-state index contributed by atoms with van der Waals surface area (Å²) in [4.78, 5) is 44.1. The molecule has 1 N–H and O–H groups in total. The van der Waals surface area contributed by atoms with Crippen molar-refractivity contribution in [2.45, 2.75) is 19.8 Å². The highest BCUT2D eigenvalue weighted by Crippen LogP contribution is 2.35. The number of carbonyl (C=O) groups is 3. The fourth-order valence-electron chi connectivity index (χ4n) is 4.65. The van der Waals surface area contributed by atoms with Gasteiger partial charge in [-0.2, -0.15) is 0 Å². The van der Waals surface area contributed by atoms with Crippen LogP contribution in [-0.4, -0.2) is 118 Å². The van der Waals surface area contributed by atoms with Gasteiger partial charge >= 0.3 is 6.09 Å². The molecule has 236 valence electrons. The number of carbonyl (C=O) groups excluding carboxylic acids is 3. The largest absolute Gasteiger partial charge is 0.455 e. The van der Waals surface area contributed by atoms with E-state index in [-0.39, 0.29) is 24.9 Å². The lowest BCUT2D eigenvalue weighted by Gasteiger charge is -2.33. The van der Waals surface area contributed by atoms with Gasteiger partial charge in [0.05, 0.1) is 25.9 Å². The van der Waals surface area contributed by atoms with Gasteiger partial charge in [0, 0.05) is 56.9 Å². The number of halogens is 2. The first-order valence-electron chi connectivity index (χ1n) is 14.4. The van der Waals surface area contributed by atoms with Gasteiger partial charge in [-0.3, -0.25) is 14.6 Å². The molecule has 0 saturated carbocycles. The van der Waals surface area contributed by atoms with Crippen LogP contribution in [0, 0.1) is 0 Å². The molecule has 0 spiro atoms. The van der Waals surface area contributed by atoms with Gasteiger partial charge in [0.2, 0.25) is 5.91 Å². The van der Waals surface area contributed by atoms with Crippen molar-refractivity contribution in [1.29, 1.82) is 0 Å². The van der Waals surface area contributed by atoms with Crippen LogP contribution >= 0.6 is 23.2 Å². The molecular weight excluding hydrogens is 595 g/mol. The third kappa shape index (κ3) is 10.8. The van der Waals surface area contributed by atoms with E-state index in [1.807, 2.05) is 6.92 Å². The van der Waals surface area contributed by atoms with Crippen LogP contribution < -0.4 is 15.0 Å². The molecule has 13 heteroatoms. The van der Waals surface area contributed by atoms with Gasteiger partial charge in [0.25, 0.3) is 5.91 Å². The molecule has 0 bridgehead atoms. The summed E-state index contributed by atoms with van der Waals surface area (Å²) < 4.78 is 11.0. The quantitative estimate of drug-likeness (QED) is 0.291. The van der Waals surface area contributed by atoms with E-state index in [2.05, 4.69) is 10.2 Å². The molecule has 11 nitrogen and oxygen atoms in total. The third-order valence-corrected chi connectivity index (χ3v) is 7.78. The topological polar surface area (TPSA) is 97.9 Å². The number of rotatable bonds is 15. The average molecular weight is 638 g/mol. The molecule has 1 heterocycles. The number of hydrogen-bond acceptors (Lipinski definition) is 8. The van der Waals surface area contributed by atoms with E-state index in [4.69, 9.17) is 32.7 Å². The molecule has 1 fully saturated rings. The summed E-state index contributed by atoms with van der Waals surface area (Å²) in [6, 6.07) is 12.0. The van der Waals surface area contributed by atoms with Gasteiger partial charge in [-0.15, -0.1) is 0 Å². The van der Waals surface area contributed by atoms with Crippen molar-refractivity contribution in [2.24, 2.45) is 0 Å². The van der Waals surface area contributed by atoms with Crippen LogP contribution in [0.5, 0.6) is 11.5 Å². The van der Waals surface area contributed by atoms with Crippen molar-refractivity contribution >= 4 is 46.8 Å². The third-order valence-electron chi connectivity index (χ3n) is 7.29. The van der Waals surface area contributed by atoms with Crippen LogP contribution in [0.2, 0.25) is 10.0 Å². The number of likely N-dealkylation sites (tertiary alicyclic amines) is 1. The predicted molar refractivity (Wildman–Crippen MR) is 169 cm³/mol. The zero-order valence-electron chi connectivity index (χ0n) is 25.4. The van der Waals surface area contributed by atoms with Crippen molar-refractivity contribution in [3.8, 4) is 11.5 Å². The monoisotopic (exact) mass is 636 g/mol. The second kappa shape index (κ2) is 17.1. The van der Waals surface area contributed by atoms with E-state index < -0.39 is 6.09 Å². The number of anilines is 1. The first kappa shape index (κ1) is 34.2. The molecule has 1 aliphatic rings. The summed E-state index contributed by atoms with van der Waals surface area (Å²) in [6.07, 6.45) is 1.92. The van der Waals surface area contributed by atoms with Crippen molar-refractivity contribution in [3.63, 3.8) is 0 Å². The fraction of sp³-hybridized carbons (Fsp3) is 0.500. The minimum atomic E-state index is -0.430. The van der Waals surface area contributed by atoms with Gasteiger partial charge in [0.15, 0.2) is 5.75 Å². The van der Waals surface area contributed by atoms with Gasteiger partial charge < -0.3 is 29.5 Å². The summed E-state index contributed by atoms with van der Waals surface area (Å²) in [7, 11) is 4.74. The Bertz CT molecular complexity index is 1210. The number of ether oxygens (including phenoxy) is 2. The van der Waals surface area contributed by atoms with Gasteiger partial charge in [-0.05, 0) is 75.3 Å². The van der Waals surface area contributed by atoms with Gasteiger partial charge in [-0.25, -0.2) is 9.80 Å². The maximum absolute atomic E-state index is 13.5. The van der Waals surface area contributed by atoms with E-state index in [1.165, 1.54) is 25.0 Å². The molecule has 1 saturated heterocycles. The molecule has 3 rings (SSSR count). The number of benzene rings is 2. The number of hydrogen-bond donors (Lipinski definition) is 1. The van der Waals surface area contributed by atoms with Crippen LogP contribution in [0.15, 0.2) is 42.5 Å². The number of nitrogens with zero attached hydrogens (tertiary/aromatic N) is 5. The Balaban J connectivity index is 1.77. The molecule has 2 aromatic rings. The Kier molecular flexibility index (Phi) is 13.7. The molecule has 0 atom stereocenters. The Morgan fingerprint density at radius 2 is 1.63 bits per heavy atom. The minimum Gasteiger partial charge on any atom is -0.455 e. The number of nitrogens with one attached hydrogen (secondary N) is 1. The van der Waals surface area contributed by atoms with Gasteiger partial charge in [0.1, 0.15) is 5.75 Å². The van der Waals surface area contributed by atoms with Crippen molar-refractivity contribution in [2.75, 3.05) is 85.0 Å². The van der Waals surface area contributed by atoms with E-state index >= 15 is 0 Å². The SMILES string of the molecule is CCN(CCN(C)N(C)C(=O)CN(CC(=O)NCCN1CCCC1)c1cc(Cl)ccc1Oc1ccc(Cl)cc1)C(=O)OC.